The van der Waals surface area contributed by atoms with Gasteiger partial charge in [-0.05, 0) is 62.6 Å². The molecule has 0 aliphatic heterocycles. The zero-order valence-corrected chi connectivity index (χ0v) is 13.3. The average Bonchev–Trinajstić information content (AvgIpc) is 2.46. The normalized spacial score (nSPS) is 11.1. The van der Waals surface area contributed by atoms with Gasteiger partial charge < -0.3 is 4.74 Å². The molecule has 0 N–H and O–H groups in total. The van der Waals surface area contributed by atoms with Crippen molar-refractivity contribution in [2.75, 3.05) is 0 Å². The van der Waals surface area contributed by atoms with Gasteiger partial charge in [0.15, 0.2) is 0 Å². The van der Waals surface area contributed by atoms with Crippen molar-refractivity contribution in [1.29, 1.82) is 0 Å². The van der Waals surface area contributed by atoms with Crippen molar-refractivity contribution in [1.82, 2.24) is 0 Å². The highest BCUT2D eigenvalue weighted by Gasteiger charge is 2.17. The molecule has 2 aromatic rings. The van der Waals surface area contributed by atoms with Crippen molar-refractivity contribution in [3.05, 3.63) is 59.2 Å². The van der Waals surface area contributed by atoms with E-state index in [1.165, 1.54) is 0 Å². The minimum absolute atomic E-state index is 0.336. The fraction of sp³-hybridized carbons (Fsp3) is 0.263. The van der Waals surface area contributed by atoms with Gasteiger partial charge in [0, 0.05) is 5.56 Å². The molecule has 114 valence electrons. The van der Waals surface area contributed by atoms with E-state index < -0.39 is 5.60 Å². The summed E-state index contributed by atoms with van der Waals surface area (Å²) in [5.41, 5.74) is 3.68. The highest BCUT2D eigenvalue weighted by atomic mass is 16.6. The van der Waals surface area contributed by atoms with E-state index in [1.54, 1.807) is 18.2 Å². The van der Waals surface area contributed by atoms with Gasteiger partial charge in [-0.1, -0.05) is 24.3 Å². The highest BCUT2D eigenvalue weighted by Crippen LogP contribution is 2.25. The molecule has 0 aliphatic carbocycles. The second-order valence-corrected chi connectivity index (χ2v) is 6.27. The van der Waals surface area contributed by atoms with Gasteiger partial charge in [-0.3, -0.25) is 4.79 Å². The summed E-state index contributed by atoms with van der Waals surface area (Å²) in [7, 11) is 0. The standard InChI is InChI=1S/C19H20O3/c1-13-5-6-14(12-20)11-17(13)15-7-9-16(10-8-15)18(21)22-19(2,3)4/h5-12H,1-4H3. The number of carbonyl (C=O) groups excluding carboxylic acids is 2. The Morgan fingerprint density at radius 2 is 1.68 bits per heavy atom. The number of rotatable bonds is 3. The number of ether oxygens (including phenoxy) is 1. The number of aryl methyl sites for hydroxylation is 1. The van der Waals surface area contributed by atoms with Gasteiger partial charge >= 0.3 is 5.97 Å². The molecule has 0 unspecified atom stereocenters. The van der Waals surface area contributed by atoms with Crippen LogP contribution in [-0.4, -0.2) is 17.9 Å². The molecule has 2 aromatic carbocycles. The number of aldehydes is 1. The molecule has 0 saturated heterocycles. The van der Waals surface area contributed by atoms with Crippen LogP contribution in [0.15, 0.2) is 42.5 Å². The lowest BCUT2D eigenvalue weighted by molar-refractivity contribution is 0.00695. The maximum atomic E-state index is 12.0. The van der Waals surface area contributed by atoms with E-state index in [0.717, 1.165) is 23.0 Å². The monoisotopic (exact) mass is 296 g/mol. The van der Waals surface area contributed by atoms with Gasteiger partial charge in [-0.2, -0.15) is 0 Å². The molecule has 0 aliphatic rings. The van der Waals surface area contributed by atoms with Crippen LogP contribution in [0.4, 0.5) is 0 Å². The second-order valence-electron chi connectivity index (χ2n) is 6.27. The number of carbonyl (C=O) groups is 2. The molecule has 2 rings (SSSR count). The van der Waals surface area contributed by atoms with Crippen LogP contribution in [0.25, 0.3) is 11.1 Å². The lowest BCUT2D eigenvalue weighted by atomic mass is 9.97. The average molecular weight is 296 g/mol. The van der Waals surface area contributed by atoms with E-state index in [4.69, 9.17) is 4.74 Å². The van der Waals surface area contributed by atoms with Crippen LogP contribution in [0.2, 0.25) is 0 Å². The highest BCUT2D eigenvalue weighted by molar-refractivity contribution is 5.90. The molecule has 3 nitrogen and oxygen atoms in total. The van der Waals surface area contributed by atoms with Crippen LogP contribution in [0.1, 0.15) is 47.1 Å². The van der Waals surface area contributed by atoms with Crippen molar-refractivity contribution >= 4 is 12.3 Å². The molecule has 0 spiro atoms. The largest absolute Gasteiger partial charge is 0.456 e. The van der Waals surface area contributed by atoms with Crippen molar-refractivity contribution in [3.63, 3.8) is 0 Å². The maximum absolute atomic E-state index is 12.0. The van der Waals surface area contributed by atoms with Crippen molar-refractivity contribution < 1.29 is 14.3 Å². The van der Waals surface area contributed by atoms with Crippen LogP contribution in [0, 0.1) is 6.92 Å². The number of benzene rings is 2. The van der Waals surface area contributed by atoms with Crippen molar-refractivity contribution in [2.45, 2.75) is 33.3 Å². The predicted molar refractivity (Wildman–Crippen MR) is 87.2 cm³/mol. The Bertz CT molecular complexity index is 692. The van der Waals surface area contributed by atoms with Crippen molar-refractivity contribution in [2.24, 2.45) is 0 Å². The van der Waals surface area contributed by atoms with E-state index in [-0.39, 0.29) is 5.97 Å². The summed E-state index contributed by atoms with van der Waals surface area (Å²) in [6.07, 6.45) is 0.831. The van der Waals surface area contributed by atoms with Gasteiger partial charge in [-0.25, -0.2) is 4.79 Å². The smallest absolute Gasteiger partial charge is 0.338 e. The van der Waals surface area contributed by atoms with Gasteiger partial charge in [0.05, 0.1) is 5.56 Å². The minimum Gasteiger partial charge on any atom is -0.456 e. The quantitative estimate of drug-likeness (QED) is 0.621. The third-order valence-corrected chi connectivity index (χ3v) is 3.23. The van der Waals surface area contributed by atoms with Gasteiger partial charge in [0.2, 0.25) is 0 Å². The molecule has 22 heavy (non-hydrogen) atoms. The summed E-state index contributed by atoms with van der Waals surface area (Å²) in [5, 5.41) is 0. The van der Waals surface area contributed by atoms with Crippen LogP contribution in [0.3, 0.4) is 0 Å². The van der Waals surface area contributed by atoms with Crippen LogP contribution in [0.5, 0.6) is 0 Å². The van der Waals surface area contributed by atoms with Gasteiger partial charge in [0.1, 0.15) is 11.9 Å². The topological polar surface area (TPSA) is 43.4 Å². The molecule has 0 fully saturated rings. The van der Waals surface area contributed by atoms with Gasteiger partial charge in [0.25, 0.3) is 0 Å². The third kappa shape index (κ3) is 3.82. The molecule has 0 bridgehead atoms. The van der Waals surface area contributed by atoms with E-state index in [0.29, 0.717) is 11.1 Å². The van der Waals surface area contributed by atoms with Crippen molar-refractivity contribution in [3.8, 4) is 11.1 Å². The first kappa shape index (κ1) is 16.0. The Labute approximate surface area is 130 Å². The summed E-state index contributed by atoms with van der Waals surface area (Å²) < 4.78 is 5.34. The molecule has 0 atom stereocenters. The minimum atomic E-state index is -0.509. The Kier molecular flexibility index (Phi) is 4.45. The Morgan fingerprint density at radius 3 is 2.23 bits per heavy atom. The Morgan fingerprint density at radius 1 is 1.05 bits per heavy atom. The first-order valence-electron chi connectivity index (χ1n) is 7.20. The molecule has 0 saturated carbocycles. The van der Waals surface area contributed by atoms with Crippen LogP contribution >= 0.6 is 0 Å². The number of hydrogen-bond donors (Lipinski definition) is 0. The molecule has 0 heterocycles. The third-order valence-electron chi connectivity index (χ3n) is 3.23. The zero-order valence-electron chi connectivity index (χ0n) is 13.3. The molecule has 0 amide bonds. The Balaban J connectivity index is 2.29. The fourth-order valence-corrected chi connectivity index (χ4v) is 2.15. The molecule has 0 radical (unpaired) electrons. The first-order valence-corrected chi connectivity index (χ1v) is 7.20. The summed E-state index contributed by atoms with van der Waals surface area (Å²) in [6, 6.07) is 12.8. The second kappa shape index (κ2) is 6.14. The summed E-state index contributed by atoms with van der Waals surface area (Å²) in [5.74, 6) is -0.336. The fourth-order valence-electron chi connectivity index (χ4n) is 2.15. The SMILES string of the molecule is Cc1ccc(C=O)cc1-c1ccc(C(=O)OC(C)(C)C)cc1. The van der Waals surface area contributed by atoms with Crippen LogP contribution in [-0.2, 0) is 4.74 Å². The summed E-state index contributed by atoms with van der Waals surface area (Å²) >= 11 is 0. The maximum Gasteiger partial charge on any atom is 0.338 e. The van der Waals surface area contributed by atoms with E-state index >= 15 is 0 Å². The van der Waals surface area contributed by atoms with E-state index in [9.17, 15) is 9.59 Å². The van der Waals surface area contributed by atoms with E-state index in [1.807, 2.05) is 52.0 Å². The molecular formula is C19H20O3. The van der Waals surface area contributed by atoms with Gasteiger partial charge in [-0.15, -0.1) is 0 Å². The summed E-state index contributed by atoms with van der Waals surface area (Å²) in [6.45, 7) is 7.51. The molecule has 0 aromatic heterocycles. The molecule has 3 heteroatoms. The number of hydrogen-bond acceptors (Lipinski definition) is 3. The molecular weight excluding hydrogens is 276 g/mol. The zero-order chi connectivity index (χ0) is 16.3. The Hall–Kier alpha value is -2.42. The first-order chi connectivity index (χ1) is 10.3. The predicted octanol–water partition coefficient (Wildman–Crippen LogP) is 4.43. The lowest BCUT2D eigenvalue weighted by Crippen LogP contribution is -2.23. The van der Waals surface area contributed by atoms with E-state index in [2.05, 4.69) is 0 Å². The lowest BCUT2D eigenvalue weighted by Gasteiger charge is -2.19. The summed E-state index contributed by atoms with van der Waals surface area (Å²) in [4.78, 5) is 22.9. The van der Waals surface area contributed by atoms with Crippen LogP contribution < -0.4 is 0 Å². The number of esters is 1.